The van der Waals surface area contributed by atoms with Crippen molar-refractivity contribution in [3.8, 4) is 0 Å². The van der Waals surface area contributed by atoms with Gasteiger partial charge in [0.15, 0.2) is 0 Å². The fourth-order valence-electron chi connectivity index (χ4n) is 3.12. The van der Waals surface area contributed by atoms with Crippen molar-refractivity contribution in [2.75, 3.05) is 13.2 Å². The van der Waals surface area contributed by atoms with Crippen molar-refractivity contribution in [3.63, 3.8) is 0 Å². The molecule has 1 aliphatic heterocycles. The van der Waals surface area contributed by atoms with Gasteiger partial charge in [-0.05, 0) is 23.8 Å². The molecule has 150 valence electrons. The molecule has 8 nitrogen and oxygen atoms in total. The highest BCUT2D eigenvalue weighted by atomic mass is 16.5. The SMILES string of the molecule is O=C(/C=C/c1cn(Cc2ccccc2)nn1)OCCN1C(=O)c2ccccc2C1=O. The van der Waals surface area contributed by atoms with Crippen LogP contribution in [-0.4, -0.2) is 50.8 Å². The number of carbonyl (C=O) groups is 3. The van der Waals surface area contributed by atoms with Crippen LogP contribution in [0.15, 0.2) is 66.9 Å². The number of carbonyl (C=O) groups excluding carboxylic acids is 3. The van der Waals surface area contributed by atoms with Gasteiger partial charge in [0.25, 0.3) is 11.8 Å². The molecule has 0 atom stereocenters. The number of aromatic nitrogens is 3. The van der Waals surface area contributed by atoms with Gasteiger partial charge in [-0.25, -0.2) is 9.48 Å². The molecule has 0 N–H and O–H groups in total. The second kappa shape index (κ2) is 8.52. The van der Waals surface area contributed by atoms with Gasteiger partial charge in [0.2, 0.25) is 0 Å². The van der Waals surface area contributed by atoms with E-state index in [4.69, 9.17) is 4.74 Å². The summed E-state index contributed by atoms with van der Waals surface area (Å²) in [6, 6.07) is 16.4. The zero-order valence-electron chi connectivity index (χ0n) is 16.0. The van der Waals surface area contributed by atoms with Gasteiger partial charge in [-0.3, -0.25) is 14.5 Å². The number of nitrogens with zero attached hydrogens (tertiary/aromatic N) is 4. The van der Waals surface area contributed by atoms with E-state index in [1.165, 1.54) is 12.2 Å². The predicted octanol–water partition coefficient (Wildman–Crippen LogP) is 2.18. The van der Waals surface area contributed by atoms with Crippen molar-refractivity contribution in [2.24, 2.45) is 0 Å². The first-order valence-electron chi connectivity index (χ1n) is 9.36. The van der Waals surface area contributed by atoms with E-state index in [1.54, 1.807) is 35.1 Å². The maximum Gasteiger partial charge on any atom is 0.330 e. The highest BCUT2D eigenvalue weighted by Crippen LogP contribution is 2.21. The summed E-state index contributed by atoms with van der Waals surface area (Å²) < 4.78 is 6.77. The first kappa shape index (κ1) is 19.3. The summed E-state index contributed by atoms with van der Waals surface area (Å²) in [6.07, 6.45) is 4.45. The number of hydrogen-bond acceptors (Lipinski definition) is 6. The molecule has 0 bridgehead atoms. The van der Waals surface area contributed by atoms with Crippen molar-refractivity contribution in [3.05, 3.63) is 89.3 Å². The lowest BCUT2D eigenvalue weighted by atomic mass is 10.1. The van der Waals surface area contributed by atoms with Gasteiger partial charge in [-0.2, -0.15) is 0 Å². The monoisotopic (exact) mass is 402 g/mol. The Morgan fingerprint density at radius 2 is 1.63 bits per heavy atom. The maximum atomic E-state index is 12.3. The van der Waals surface area contributed by atoms with E-state index < -0.39 is 5.97 Å². The van der Waals surface area contributed by atoms with Crippen LogP contribution in [0.3, 0.4) is 0 Å². The molecule has 30 heavy (non-hydrogen) atoms. The third-order valence-corrected chi connectivity index (χ3v) is 4.57. The first-order valence-corrected chi connectivity index (χ1v) is 9.36. The standard InChI is InChI=1S/C22H18N4O4/c27-20(11-10-17-15-25(24-23-17)14-16-6-2-1-3-7-16)30-13-12-26-21(28)18-8-4-5-9-19(18)22(26)29/h1-11,15H,12-14H2/b11-10+. The molecule has 2 amide bonds. The lowest BCUT2D eigenvalue weighted by molar-refractivity contribution is -0.137. The number of hydrogen-bond donors (Lipinski definition) is 0. The summed E-state index contributed by atoms with van der Waals surface area (Å²) in [5.74, 6) is -1.35. The van der Waals surface area contributed by atoms with E-state index in [0.29, 0.717) is 23.4 Å². The number of rotatable bonds is 7. The molecule has 0 radical (unpaired) electrons. The number of fused-ring (bicyclic) bond motifs is 1. The van der Waals surface area contributed by atoms with Gasteiger partial charge >= 0.3 is 5.97 Å². The average molecular weight is 402 g/mol. The fraction of sp³-hybridized carbons (Fsp3) is 0.136. The molecule has 1 aromatic heterocycles. The molecule has 2 aromatic carbocycles. The molecular weight excluding hydrogens is 384 g/mol. The molecule has 0 fully saturated rings. The van der Waals surface area contributed by atoms with Crippen LogP contribution >= 0.6 is 0 Å². The molecule has 0 aliphatic carbocycles. The Bertz CT molecular complexity index is 1090. The Kier molecular flexibility index (Phi) is 5.47. The van der Waals surface area contributed by atoms with E-state index in [2.05, 4.69) is 10.3 Å². The summed E-state index contributed by atoms with van der Waals surface area (Å²) in [5.41, 5.74) is 2.34. The van der Waals surface area contributed by atoms with Crippen LogP contribution in [0.1, 0.15) is 32.0 Å². The van der Waals surface area contributed by atoms with Crippen LogP contribution in [0, 0.1) is 0 Å². The van der Waals surface area contributed by atoms with Crippen molar-refractivity contribution >= 4 is 23.9 Å². The molecule has 0 unspecified atom stereocenters. The third kappa shape index (κ3) is 4.17. The van der Waals surface area contributed by atoms with Gasteiger partial charge < -0.3 is 4.74 Å². The van der Waals surface area contributed by atoms with Gasteiger partial charge in [-0.15, -0.1) is 5.10 Å². The van der Waals surface area contributed by atoms with Crippen molar-refractivity contribution in [1.82, 2.24) is 19.9 Å². The third-order valence-electron chi connectivity index (χ3n) is 4.57. The molecule has 0 saturated heterocycles. The molecule has 0 spiro atoms. The van der Waals surface area contributed by atoms with Crippen LogP contribution in [0.2, 0.25) is 0 Å². The van der Waals surface area contributed by atoms with Crippen LogP contribution in [0.4, 0.5) is 0 Å². The van der Waals surface area contributed by atoms with Crippen molar-refractivity contribution in [2.45, 2.75) is 6.54 Å². The van der Waals surface area contributed by atoms with Crippen molar-refractivity contribution in [1.29, 1.82) is 0 Å². The van der Waals surface area contributed by atoms with E-state index in [9.17, 15) is 14.4 Å². The minimum Gasteiger partial charge on any atom is -0.461 e. The zero-order chi connectivity index (χ0) is 20.9. The molecular formula is C22H18N4O4. The smallest absolute Gasteiger partial charge is 0.330 e. The predicted molar refractivity (Wildman–Crippen MR) is 107 cm³/mol. The Hall–Kier alpha value is -4.07. The second-order valence-corrected chi connectivity index (χ2v) is 6.63. The minimum atomic E-state index is -0.593. The summed E-state index contributed by atoms with van der Waals surface area (Å²) in [4.78, 5) is 37.5. The summed E-state index contributed by atoms with van der Waals surface area (Å²) in [5, 5.41) is 8.01. The summed E-state index contributed by atoms with van der Waals surface area (Å²) in [6.45, 7) is 0.487. The number of ether oxygens (including phenoxy) is 1. The zero-order valence-corrected chi connectivity index (χ0v) is 16.0. The minimum absolute atomic E-state index is 0.000809. The van der Waals surface area contributed by atoms with Gasteiger partial charge in [0.1, 0.15) is 12.3 Å². The summed E-state index contributed by atoms with van der Waals surface area (Å²) >= 11 is 0. The molecule has 0 saturated carbocycles. The van der Waals surface area contributed by atoms with E-state index in [1.807, 2.05) is 30.3 Å². The normalized spacial score (nSPS) is 13.1. The lowest BCUT2D eigenvalue weighted by Gasteiger charge is -2.13. The second-order valence-electron chi connectivity index (χ2n) is 6.63. The lowest BCUT2D eigenvalue weighted by Crippen LogP contribution is -2.33. The number of benzene rings is 2. The van der Waals surface area contributed by atoms with E-state index in [-0.39, 0.29) is 25.0 Å². The number of amides is 2. The number of esters is 1. The summed E-state index contributed by atoms with van der Waals surface area (Å²) in [7, 11) is 0. The molecule has 1 aliphatic rings. The molecule has 4 rings (SSSR count). The van der Waals surface area contributed by atoms with Crippen molar-refractivity contribution < 1.29 is 19.1 Å². The highest BCUT2D eigenvalue weighted by Gasteiger charge is 2.34. The van der Waals surface area contributed by atoms with Gasteiger partial charge in [-0.1, -0.05) is 47.7 Å². The van der Waals surface area contributed by atoms with Crippen LogP contribution in [-0.2, 0) is 16.1 Å². The number of imide groups is 1. The largest absolute Gasteiger partial charge is 0.461 e. The van der Waals surface area contributed by atoms with Crippen LogP contribution in [0.5, 0.6) is 0 Å². The first-order chi connectivity index (χ1) is 14.6. The molecule has 8 heteroatoms. The Morgan fingerprint density at radius 3 is 2.33 bits per heavy atom. The fourth-order valence-corrected chi connectivity index (χ4v) is 3.12. The quantitative estimate of drug-likeness (QED) is 0.342. The molecule has 3 aromatic rings. The van der Waals surface area contributed by atoms with Crippen LogP contribution in [0.25, 0.3) is 6.08 Å². The average Bonchev–Trinajstić information content (AvgIpc) is 3.31. The van der Waals surface area contributed by atoms with Crippen LogP contribution < -0.4 is 0 Å². The van der Waals surface area contributed by atoms with Gasteiger partial charge in [0.05, 0.1) is 30.4 Å². The Morgan fingerprint density at radius 1 is 0.967 bits per heavy atom. The topological polar surface area (TPSA) is 94.4 Å². The van der Waals surface area contributed by atoms with Gasteiger partial charge in [0, 0.05) is 6.08 Å². The molecule has 2 heterocycles. The Balaban J connectivity index is 1.26. The maximum absolute atomic E-state index is 12.3. The highest BCUT2D eigenvalue weighted by molar-refractivity contribution is 6.21. The Labute approximate surface area is 172 Å². The van der Waals surface area contributed by atoms with E-state index >= 15 is 0 Å². The van der Waals surface area contributed by atoms with E-state index in [0.717, 1.165) is 10.5 Å².